The Kier molecular flexibility index (Phi) is 4.93. The number of guanidine groups is 1. The van der Waals surface area contributed by atoms with E-state index in [1.807, 2.05) is 0 Å². The molecular formula is C14H16N5O5P. The SMILES string of the molecule is NC1=NC(=O)C2N=CN(CCOCP(=O)(O)Oc3ccccc3)C2=N1. The number of aliphatic imine (C=N–C) groups is 3. The first-order chi connectivity index (χ1) is 11.9. The standard InChI is InChI=1S/C14H16N5O5P/c15-14-17-12-11(13(20)18-14)16-8-19(12)6-7-23-9-25(21,22)24-10-4-2-1-3-5-10/h1-5,8,11H,6-7,9H2,(H,21,22)(H2,15,18,20). The number of ether oxygens (including phenoxy) is 1. The minimum Gasteiger partial charge on any atom is -0.423 e. The lowest BCUT2D eigenvalue weighted by atomic mass is 10.2. The molecule has 1 aromatic carbocycles. The lowest BCUT2D eigenvalue weighted by molar-refractivity contribution is -0.117. The van der Waals surface area contributed by atoms with Crippen LogP contribution in [0.4, 0.5) is 0 Å². The van der Waals surface area contributed by atoms with Gasteiger partial charge in [-0.2, -0.15) is 9.98 Å². The third-order valence-corrected chi connectivity index (χ3v) is 4.31. The van der Waals surface area contributed by atoms with Gasteiger partial charge in [-0.25, -0.2) is 4.57 Å². The van der Waals surface area contributed by atoms with Crippen LogP contribution in [0.2, 0.25) is 0 Å². The largest absolute Gasteiger partial charge is 0.423 e. The lowest BCUT2D eigenvalue weighted by Gasteiger charge is -2.20. The van der Waals surface area contributed by atoms with Crippen molar-refractivity contribution in [2.24, 2.45) is 20.7 Å². The van der Waals surface area contributed by atoms with E-state index >= 15 is 0 Å². The van der Waals surface area contributed by atoms with E-state index in [9.17, 15) is 14.3 Å². The van der Waals surface area contributed by atoms with Gasteiger partial charge in [0.1, 0.15) is 11.6 Å². The Hall–Kier alpha value is -2.55. The Morgan fingerprint density at radius 3 is 2.80 bits per heavy atom. The van der Waals surface area contributed by atoms with E-state index in [1.54, 1.807) is 35.2 Å². The highest BCUT2D eigenvalue weighted by molar-refractivity contribution is 7.53. The topological polar surface area (TPSA) is 139 Å². The van der Waals surface area contributed by atoms with Gasteiger partial charge in [0.15, 0.2) is 12.4 Å². The van der Waals surface area contributed by atoms with E-state index in [-0.39, 0.29) is 24.9 Å². The first-order valence-electron chi connectivity index (χ1n) is 7.35. The molecule has 2 aliphatic rings. The maximum atomic E-state index is 12.0. The fourth-order valence-corrected chi connectivity index (χ4v) is 3.10. The normalized spacial score (nSPS) is 21.4. The molecular weight excluding hydrogens is 349 g/mol. The van der Waals surface area contributed by atoms with Crippen molar-refractivity contribution in [3.63, 3.8) is 0 Å². The number of benzene rings is 1. The van der Waals surface area contributed by atoms with Gasteiger partial charge in [0.25, 0.3) is 5.91 Å². The van der Waals surface area contributed by atoms with Crippen molar-refractivity contribution >= 4 is 31.6 Å². The van der Waals surface area contributed by atoms with Crippen molar-refractivity contribution < 1.29 is 23.5 Å². The molecule has 0 aliphatic carbocycles. The molecule has 2 atom stereocenters. The molecule has 0 spiro atoms. The van der Waals surface area contributed by atoms with Gasteiger partial charge in [-0.15, -0.1) is 0 Å². The van der Waals surface area contributed by atoms with Crippen LogP contribution < -0.4 is 10.3 Å². The zero-order valence-corrected chi connectivity index (χ0v) is 14.0. The Bertz CT molecular complexity index is 794. The lowest BCUT2D eigenvalue weighted by Crippen LogP contribution is -2.41. The molecule has 3 rings (SSSR count). The van der Waals surface area contributed by atoms with Crippen molar-refractivity contribution in [2.45, 2.75) is 6.04 Å². The van der Waals surface area contributed by atoms with E-state index in [0.717, 1.165) is 0 Å². The van der Waals surface area contributed by atoms with Crippen LogP contribution >= 0.6 is 7.60 Å². The highest BCUT2D eigenvalue weighted by Crippen LogP contribution is 2.42. The number of hydrogen-bond acceptors (Lipinski definition) is 8. The molecule has 0 radical (unpaired) electrons. The van der Waals surface area contributed by atoms with E-state index in [1.165, 1.54) is 6.34 Å². The molecule has 0 aromatic heterocycles. The molecule has 25 heavy (non-hydrogen) atoms. The van der Waals surface area contributed by atoms with E-state index in [4.69, 9.17) is 15.0 Å². The number of amidine groups is 1. The van der Waals surface area contributed by atoms with Crippen molar-refractivity contribution in [1.82, 2.24) is 4.90 Å². The highest BCUT2D eigenvalue weighted by Gasteiger charge is 2.35. The molecule has 0 fully saturated rings. The second kappa shape index (κ2) is 7.14. The van der Waals surface area contributed by atoms with Gasteiger partial charge in [-0.1, -0.05) is 18.2 Å². The number of amides is 1. The van der Waals surface area contributed by atoms with Gasteiger partial charge in [-0.05, 0) is 12.1 Å². The summed E-state index contributed by atoms with van der Waals surface area (Å²) in [4.78, 5) is 34.6. The molecule has 2 aliphatic heterocycles. The van der Waals surface area contributed by atoms with Crippen LogP contribution in [0.25, 0.3) is 0 Å². The van der Waals surface area contributed by atoms with Crippen molar-refractivity contribution in [2.75, 3.05) is 19.5 Å². The molecule has 0 saturated carbocycles. The number of rotatable bonds is 7. The number of carbonyl (C=O) groups excluding carboxylic acids is 1. The smallest absolute Gasteiger partial charge is 0.402 e. The fourth-order valence-electron chi connectivity index (χ4n) is 2.23. The first kappa shape index (κ1) is 17.3. The molecule has 0 bridgehead atoms. The Morgan fingerprint density at radius 1 is 1.28 bits per heavy atom. The van der Waals surface area contributed by atoms with Gasteiger partial charge in [0.2, 0.25) is 5.96 Å². The summed E-state index contributed by atoms with van der Waals surface area (Å²) in [5.74, 6) is 0.0622. The van der Waals surface area contributed by atoms with Gasteiger partial charge < -0.3 is 24.8 Å². The summed E-state index contributed by atoms with van der Waals surface area (Å²) in [6.07, 6.45) is 0.975. The zero-order chi connectivity index (χ0) is 17.9. The van der Waals surface area contributed by atoms with Crippen LogP contribution in [0, 0.1) is 0 Å². The van der Waals surface area contributed by atoms with Crippen LogP contribution in [0.1, 0.15) is 0 Å². The summed E-state index contributed by atoms with van der Waals surface area (Å²) in [6.45, 7) is 0.385. The first-order valence-corrected chi connectivity index (χ1v) is 9.12. The summed E-state index contributed by atoms with van der Waals surface area (Å²) >= 11 is 0. The fraction of sp³-hybridized carbons (Fsp3) is 0.286. The monoisotopic (exact) mass is 365 g/mol. The van der Waals surface area contributed by atoms with Crippen LogP contribution in [-0.4, -0.2) is 59.4 Å². The van der Waals surface area contributed by atoms with Crippen LogP contribution in [-0.2, 0) is 14.1 Å². The minimum absolute atomic E-state index is 0.103. The average molecular weight is 365 g/mol. The summed E-state index contributed by atoms with van der Waals surface area (Å²) in [6, 6.07) is 7.54. The van der Waals surface area contributed by atoms with Gasteiger partial charge in [-0.3, -0.25) is 9.79 Å². The molecule has 3 N–H and O–H groups in total. The van der Waals surface area contributed by atoms with Gasteiger partial charge >= 0.3 is 7.60 Å². The van der Waals surface area contributed by atoms with E-state index in [2.05, 4.69) is 15.0 Å². The average Bonchev–Trinajstić information content (AvgIpc) is 2.95. The summed E-state index contributed by atoms with van der Waals surface area (Å²) in [5, 5.41) is 0. The van der Waals surface area contributed by atoms with Crippen molar-refractivity contribution in [3.8, 4) is 5.75 Å². The van der Waals surface area contributed by atoms with Crippen molar-refractivity contribution in [3.05, 3.63) is 30.3 Å². The van der Waals surface area contributed by atoms with E-state index < -0.39 is 25.9 Å². The number of hydrogen-bond donors (Lipinski definition) is 2. The third-order valence-electron chi connectivity index (χ3n) is 3.30. The number of fused-ring (bicyclic) bond motifs is 1. The molecule has 0 saturated heterocycles. The number of carbonyl (C=O) groups is 1. The molecule has 2 heterocycles. The minimum atomic E-state index is -3.92. The quantitative estimate of drug-likeness (QED) is 0.519. The van der Waals surface area contributed by atoms with Crippen molar-refractivity contribution in [1.29, 1.82) is 0 Å². The third kappa shape index (κ3) is 4.30. The number of nitrogens with two attached hydrogens (primary N) is 1. The van der Waals surface area contributed by atoms with Gasteiger partial charge in [0, 0.05) is 6.54 Å². The predicted molar refractivity (Wildman–Crippen MR) is 90.8 cm³/mol. The summed E-state index contributed by atoms with van der Waals surface area (Å²) in [5.41, 5.74) is 5.47. The Morgan fingerprint density at radius 2 is 2.04 bits per heavy atom. The second-order valence-corrected chi connectivity index (χ2v) is 6.93. The maximum Gasteiger partial charge on any atom is 0.402 e. The summed E-state index contributed by atoms with van der Waals surface area (Å²) < 4.78 is 22.2. The van der Waals surface area contributed by atoms with Crippen LogP contribution in [0.3, 0.4) is 0 Å². The second-order valence-electron chi connectivity index (χ2n) is 5.22. The number of para-hydroxylation sites is 1. The molecule has 10 nitrogen and oxygen atoms in total. The molecule has 11 heteroatoms. The number of nitrogens with zero attached hydrogens (tertiary/aromatic N) is 4. The molecule has 2 unspecified atom stereocenters. The molecule has 132 valence electrons. The summed E-state index contributed by atoms with van der Waals surface area (Å²) in [7, 11) is -3.92. The highest BCUT2D eigenvalue weighted by atomic mass is 31.2. The molecule has 1 amide bonds. The van der Waals surface area contributed by atoms with Crippen LogP contribution in [0.5, 0.6) is 5.75 Å². The van der Waals surface area contributed by atoms with E-state index in [0.29, 0.717) is 5.84 Å². The predicted octanol–water partition coefficient (Wildman–Crippen LogP) is 0.191. The Balaban J connectivity index is 1.47. The Labute approximate surface area is 143 Å². The van der Waals surface area contributed by atoms with Gasteiger partial charge in [0.05, 0.1) is 12.9 Å². The molecule has 1 aromatic rings. The van der Waals surface area contributed by atoms with Crippen LogP contribution in [0.15, 0.2) is 45.3 Å². The zero-order valence-electron chi connectivity index (χ0n) is 13.1. The maximum absolute atomic E-state index is 12.0.